The van der Waals surface area contributed by atoms with Gasteiger partial charge in [-0.25, -0.2) is 0 Å². The molecule has 1 N–H and O–H groups in total. The van der Waals surface area contributed by atoms with Crippen molar-refractivity contribution in [2.75, 3.05) is 7.05 Å². The maximum Gasteiger partial charge on any atom is 0.0624 e. The first kappa shape index (κ1) is 16.2. The van der Waals surface area contributed by atoms with Gasteiger partial charge in [-0.15, -0.1) is 0 Å². The molecule has 2 aromatic rings. The van der Waals surface area contributed by atoms with Crippen LogP contribution in [-0.2, 0) is 19.4 Å². The van der Waals surface area contributed by atoms with Crippen molar-refractivity contribution in [3.63, 3.8) is 0 Å². The van der Waals surface area contributed by atoms with E-state index in [9.17, 15) is 0 Å². The van der Waals surface area contributed by atoms with Gasteiger partial charge in [0.1, 0.15) is 0 Å². The molecule has 1 unspecified atom stereocenters. The normalized spacial score (nSPS) is 12.6. The van der Waals surface area contributed by atoms with Crippen LogP contribution < -0.4 is 5.32 Å². The summed E-state index contributed by atoms with van der Waals surface area (Å²) in [5.74, 6) is 0. The molecule has 0 saturated carbocycles. The minimum atomic E-state index is 0.284. The maximum atomic E-state index is 4.64. The Morgan fingerprint density at radius 3 is 2.62 bits per heavy atom. The van der Waals surface area contributed by atoms with Gasteiger partial charge < -0.3 is 5.32 Å². The molecular formula is C17H24BrN3. The van der Waals surface area contributed by atoms with Gasteiger partial charge in [0, 0.05) is 29.2 Å². The Labute approximate surface area is 135 Å². The largest absolute Gasteiger partial charge is 0.313 e. The quantitative estimate of drug-likeness (QED) is 0.852. The van der Waals surface area contributed by atoms with Crippen molar-refractivity contribution in [2.45, 2.75) is 46.2 Å². The van der Waals surface area contributed by atoms with E-state index in [2.05, 4.69) is 76.1 Å². The third-order valence-corrected chi connectivity index (χ3v) is 4.56. The van der Waals surface area contributed by atoms with Gasteiger partial charge in [-0.05, 0) is 50.6 Å². The van der Waals surface area contributed by atoms with E-state index >= 15 is 0 Å². The number of halogens is 1. The van der Waals surface area contributed by atoms with Gasteiger partial charge in [-0.2, -0.15) is 5.10 Å². The van der Waals surface area contributed by atoms with Gasteiger partial charge in [0.15, 0.2) is 0 Å². The Balaban J connectivity index is 2.28. The van der Waals surface area contributed by atoms with Crippen molar-refractivity contribution in [1.82, 2.24) is 15.1 Å². The van der Waals surface area contributed by atoms with E-state index in [0.29, 0.717) is 0 Å². The lowest BCUT2D eigenvalue weighted by atomic mass is 10.0. The summed E-state index contributed by atoms with van der Waals surface area (Å²) in [6, 6.07) is 9.06. The highest BCUT2D eigenvalue weighted by atomic mass is 79.9. The van der Waals surface area contributed by atoms with Crippen molar-refractivity contribution in [1.29, 1.82) is 0 Å². The van der Waals surface area contributed by atoms with Crippen LogP contribution >= 0.6 is 15.9 Å². The van der Waals surface area contributed by atoms with Crippen LogP contribution in [0.3, 0.4) is 0 Å². The smallest absolute Gasteiger partial charge is 0.0624 e. The van der Waals surface area contributed by atoms with Crippen molar-refractivity contribution in [2.24, 2.45) is 0 Å². The number of benzene rings is 1. The fraction of sp³-hybridized carbons (Fsp3) is 0.471. The third kappa shape index (κ3) is 3.74. The number of nitrogens with zero attached hydrogens (tertiary/aromatic N) is 2. The number of aryl methyl sites for hydroxylation is 3. The Kier molecular flexibility index (Phi) is 5.59. The molecule has 0 bridgehead atoms. The van der Waals surface area contributed by atoms with Gasteiger partial charge in [0.25, 0.3) is 0 Å². The molecule has 1 aromatic carbocycles. The van der Waals surface area contributed by atoms with E-state index in [1.54, 1.807) is 0 Å². The molecule has 1 aromatic heterocycles. The molecule has 2 rings (SSSR count). The van der Waals surface area contributed by atoms with Crippen LogP contribution in [0.5, 0.6) is 0 Å². The topological polar surface area (TPSA) is 29.9 Å². The van der Waals surface area contributed by atoms with Crippen LogP contribution in [0.1, 0.15) is 42.4 Å². The zero-order valence-corrected chi connectivity index (χ0v) is 14.9. The molecule has 1 heterocycles. The fourth-order valence-corrected chi connectivity index (χ4v) is 3.39. The van der Waals surface area contributed by atoms with Crippen LogP contribution in [0.2, 0.25) is 0 Å². The number of likely N-dealkylation sites (N-methyl/N-ethyl adjacent to an activating group) is 1. The second-order valence-corrected chi connectivity index (χ2v) is 6.22. The summed E-state index contributed by atoms with van der Waals surface area (Å²) in [7, 11) is 2.02. The lowest BCUT2D eigenvalue weighted by molar-refractivity contribution is 0.539. The van der Waals surface area contributed by atoms with E-state index in [-0.39, 0.29) is 6.04 Å². The first-order valence-corrected chi connectivity index (χ1v) is 8.37. The molecule has 0 aliphatic carbocycles. The predicted molar refractivity (Wildman–Crippen MR) is 91.7 cm³/mol. The van der Waals surface area contributed by atoms with Gasteiger partial charge in [-0.1, -0.05) is 35.0 Å². The van der Waals surface area contributed by atoms with E-state index in [4.69, 9.17) is 0 Å². The molecule has 1 atom stereocenters. The van der Waals surface area contributed by atoms with Crippen molar-refractivity contribution in [3.05, 3.63) is 51.3 Å². The first-order valence-electron chi connectivity index (χ1n) is 7.57. The standard InChI is InChI=1S/C17H24BrN3/c1-5-13-10-14(21(6-2)20-13)11-17(19-4)15-8-7-12(3)9-16(15)18/h7-10,17,19H,5-6,11H2,1-4H3. The number of nitrogens with one attached hydrogen (secondary N) is 1. The van der Waals surface area contributed by atoms with Crippen LogP contribution in [-0.4, -0.2) is 16.8 Å². The minimum Gasteiger partial charge on any atom is -0.313 e. The molecule has 0 amide bonds. The molecule has 0 aliphatic heterocycles. The van der Waals surface area contributed by atoms with Gasteiger partial charge in [0.05, 0.1) is 5.69 Å². The van der Waals surface area contributed by atoms with E-state index in [0.717, 1.165) is 19.4 Å². The fourth-order valence-electron chi connectivity index (χ4n) is 2.62. The molecule has 4 heteroatoms. The summed E-state index contributed by atoms with van der Waals surface area (Å²) in [6.45, 7) is 7.33. The molecule has 0 saturated heterocycles. The second-order valence-electron chi connectivity index (χ2n) is 5.37. The van der Waals surface area contributed by atoms with E-state index < -0.39 is 0 Å². The average Bonchev–Trinajstić information content (AvgIpc) is 2.87. The number of aromatic nitrogens is 2. The molecule has 3 nitrogen and oxygen atoms in total. The Hall–Kier alpha value is -1.13. The third-order valence-electron chi connectivity index (χ3n) is 3.87. The number of hydrogen-bond acceptors (Lipinski definition) is 2. The van der Waals surface area contributed by atoms with Crippen molar-refractivity contribution >= 4 is 15.9 Å². The number of hydrogen-bond donors (Lipinski definition) is 1. The summed E-state index contributed by atoms with van der Waals surface area (Å²) in [5, 5.41) is 8.08. The van der Waals surface area contributed by atoms with Gasteiger partial charge in [-0.3, -0.25) is 4.68 Å². The second kappa shape index (κ2) is 7.23. The van der Waals surface area contributed by atoms with Crippen molar-refractivity contribution < 1.29 is 0 Å². The van der Waals surface area contributed by atoms with Gasteiger partial charge in [0.2, 0.25) is 0 Å². The maximum absolute atomic E-state index is 4.64. The van der Waals surface area contributed by atoms with Crippen LogP contribution in [0.25, 0.3) is 0 Å². The highest BCUT2D eigenvalue weighted by molar-refractivity contribution is 9.10. The summed E-state index contributed by atoms with van der Waals surface area (Å²) < 4.78 is 3.28. The Bertz CT molecular complexity index is 604. The van der Waals surface area contributed by atoms with Crippen molar-refractivity contribution in [3.8, 4) is 0 Å². The highest BCUT2D eigenvalue weighted by Crippen LogP contribution is 2.27. The molecule has 114 valence electrons. The molecule has 21 heavy (non-hydrogen) atoms. The predicted octanol–water partition coefficient (Wildman–Crippen LogP) is 4.04. The first-order chi connectivity index (χ1) is 10.1. The average molecular weight is 350 g/mol. The molecule has 0 radical (unpaired) electrons. The Morgan fingerprint density at radius 2 is 2.05 bits per heavy atom. The lowest BCUT2D eigenvalue weighted by Crippen LogP contribution is -2.21. The van der Waals surface area contributed by atoms with Crippen LogP contribution in [0.4, 0.5) is 0 Å². The van der Waals surface area contributed by atoms with Crippen LogP contribution in [0, 0.1) is 6.92 Å². The van der Waals surface area contributed by atoms with Gasteiger partial charge >= 0.3 is 0 Å². The molecular weight excluding hydrogens is 326 g/mol. The Morgan fingerprint density at radius 1 is 1.29 bits per heavy atom. The highest BCUT2D eigenvalue weighted by Gasteiger charge is 2.16. The summed E-state index contributed by atoms with van der Waals surface area (Å²) in [6.07, 6.45) is 1.93. The molecule has 0 fully saturated rings. The minimum absolute atomic E-state index is 0.284. The summed E-state index contributed by atoms with van der Waals surface area (Å²) >= 11 is 3.69. The zero-order chi connectivity index (χ0) is 15.4. The van der Waals surface area contributed by atoms with E-state index in [1.807, 2.05) is 7.05 Å². The lowest BCUT2D eigenvalue weighted by Gasteiger charge is -2.19. The van der Waals surface area contributed by atoms with Crippen LogP contribution in [0.15, 0.2) is 28.7 Å². The number of rotatable bonds is 6. The monoisotopic (exact) mass is 349 g/mol. The van der Waals surface area contributed by atoms with E-state index in [1.165, 1.54) is 27.0 Å². The molecule has 0 spiro atoms. The summed E-state index contributed by atoms with van der Waals surface area (Å²) in [4.78, 5) is 0. The summed E-state index contributed by atoms with van der Waals surface area (Å²) in [5.41, 5.74) is 5.03. The zero-order valence-electron chi connectivity index (χ0n) is 13.3. The SMILES string of the molecule is CCc1cc(CC(NC)c2ccc(C)cc2Br)n(CC)n1. The molecule has 0 aliphatic rings.